The first-order valence-corrected chi connectivity index (χ1v) is 8.59. The molecule has 4 N–H and O–H groups in total. The molecule has 2 aromatic carbocycles. The first-order chi connectivity index (χ1) is 12.9. The smallest absolute Gasteiger partial charge is 0.187 e. The van der Waals surface area contributed by atoms with Crippen LogP contribution in [0.25, 0.3) is 12.2 Å². The molecule has 1 saturated heterocycles. The number of hydrogen-bond donors (Lipinski definition) is 4. The van der Waals surface area contributed by atoms with E-state index in [0.29, 0.717) is 35.4 Å². The molecule has 0 amide bonds. The number of phenolic OH excluding ortho intramolecular Hbond substituents is 4. The third-order valence-electron chi connectivity index (χ3n) is 4.50. The van der Waals surface area contributed by atoms with Crippen LogP contribution in [0.4, 0.5) is 0 Å². The monoisotopic (exact) mass is 367 g/mol. The molecule has 1 fully saturated rings. The Kier molecular flexibility index (Phi) is 5.19. The standard InChI is InChI=1S/C21H21NO5/c1-2-22-11-15(7-13-3-5-17(23)19(25)9-13)21(27)16(12-22)8-14-4-6-18(24)20(26)10-14/h3-10,23-26H,2,11-12H2,1H3/b15-7-,16-8+. The molecule has 0 aliphatic carbocycles. The molecule has 1 heterocycles. The van der Waals surface area contributed by atoms with E-state index < -0.39 is 0 Å². The number of hydrogen-bond acceptors (Lipinski definition) is 6. The lowest BCUT2D eigenvalue weighted by Gasteiger charge is -2.28. The van der Waals surface area contributed by atoms with E-state index in [1.54, 1.807) is 24.3 Å². The number of ketones is 1. The van der Waals surface area contributed by atoms with Gasteiger partial charge in [-0.15, -0.1) is 0 Å². The minimum absolute atomic E-state index is 0.111. The van der Waals surface area contributed by atoms with Crippen LogP contribution < -0.4 is 0 Å². The number of likely N-dealkylation sites (tertiary alicyclic amines) is 1. The van der Waals surface area contributed by atoms with E-state index in [0.717, 1.165) is 6.54 Å². The molecule has 0 radical (unpaired) electrons. The number of likely N-dealkylation sites (N-methyl/N-ethyl adjacent to an activating group) is 1. The van der Waals surface area contributed by atoms with Gasteiger partial charge in [-0.05, 0) is 54.1 Å². The quantitative estimate of drug-likeness (QED) is 0.492. The number of rotatable bonds is 3. The number of phenols is 4. The Hall–Kier alpha value is -3.25. The van der Waals surface area contributed by atoms with Crippen molar-refractivity contribution in [3.05, 3.63) is 58.7 Å². The van der Waals surface area contributed by atoms with E-state index in [1.165, 1.54) is 24.3 Å². The predicted molar refractivity (Wildman–Crippen MR) is 103 cm³/mol. The Balaban J connectivity index is 1.97. The molecule has 1 aliphatic heterocycles. The summed E-state index contributed by atoms with van der Waals surface area (Å²) in [6, 6.07) is 8.82. The fraction of sp³-hybridized carbons (Fsp3) is 0.190. The van der Waals surface area contributed by atoms with Crippen molar-refractivity contribution in [1.29, 1.82) is 0 Å². The number of Topliss-reactive ketones (excluding diaryl/α,β-unsaturated/α-hetero) is 1. The van der Waals surface area contributed by atoms with E-state index in [9.17, 15) is 25.2 Å². The average Bonchev–Trinajstić information content (AvgIpc) is 2.64. The molecular formula is C21H21NO5. The van der Waals surface area contributed by atoms with E-state index in [4.69, 9.17) is 0 Å². The second-order valence-electron chi connectivity index (χ2n) is 6.47. The number of carbonyl (C=O) groups is 1. The van der Waals surface area contributed by atoms with Crippen molar-refractivity contribution in [2.45, 2.75) is 6.92 Å². The highest BCUT2D eigenvalue weighted by Crippen LogP contribution is 2.29. The molecule has 0 saturated carbocycles. The van der Waals surface area contributed by atoms with Crippen LogP contribution in [0, 0.1) is 0 Å². The van der Waals surface area contributed by atoms with Gasteiger partial charge in [0.2, 0.25) is 0 Å². The Morgan fingerprint density at radius 3 is 1.63 bits per heavy atom. The highest BCUT2D eigenvalue weighted by molar-refractivity contribution is 6.14. The van der Waals surface area contributed by atoms with E-state index >= 15 is 0 Å². The number of nitrogens with zero attached hydrogens (tertiary/aromatic N) is 1. The Labute approximate surface area is 156 Å². The van der Waals surface area contributed by atoms with Gasteiger partial charge < -0.3 is 20.4 Å². The van der Waals surface area contributed by atoms with Crippen LogP contribution in [0.5, 0.6) is 23.0 Å². The summed E-state index contributed by atoms with van der Waals surface area (Å²) >= 11 is 0. The molecule has 6 heteroatoms. The summed E-state index contributed by atoms with van der Waals surface area (Å²) in [6.07, 6.45) is 3.40. The zero-order chi connectivity index (χ0) is 19.6. The summed E-state index contributed by atoms with van der Waals surface area (Å²) in [4.78, 5) is 15.0. The molecule has 6 nitrogen and oxygen atoms in total. The molecule has 3 rings (SSSR count). The van der Waals surface area contributed by atoms with Crippen molar-refractivity contribution >= 4 is 17.9 Å². The van der Waals surface area contributed by atoms with Gasteiger partial charge in [-0.3, -0.25) is 9.69 Å². The largest absolute Gasteiger partial charge is 0.504 e. The fourth-order valence-electron chi connectivity index (χ4n) is 3.00. The average molecular weight is 367 g/mol. The first-order valence-electron chi connectivity index (χ1n) is 8.59. The second kappa shape index (κ2) is 7.55. The predicted octanol–water partition coefficient (Wildman–Crippen LogP) is 2.88. The van der Waals surface area contributed by atoms with Crippen molar-refractivity contribution in [1.82, 2.24) is 4.90 Å². The summed E-state index contributed by atoms with van der Waals surface area (Å²) in [6.45, 7) is 3.72. The maximum Gasteiger partial charge on any atom is 0.187 e. The van der Waals surface area contributed by atoms with Crippen LogP contribution in [0.2, 0.25) is 0 Å². The Bertz CT molecular complexity index is 872. The summed E-state index contributed by atoms with van der Waals surface area (Å²) in [5.41, 5.74) is 2.38. The first kappa shape index (κ1) is 18.5. The van der Waals surface area contributed by atoms with Crippen LogP contribution in [-0.4, -0.2) is 50.7 Å². The molecule has 0 aromatic heterocycles. The summed E-state index contributed by atoms with van der Waals surface area (Å²) in [5, 5.41) is 38.2. The SMILES string of the molecule is CCN1C/C(=C/c2ccc(O)c(O)c2)C(=O)/C(=C/c2ccc(O)c(O)c2)C1. The summed E-state index contributed by atoms with van der Waals surface area (Å²) in [7, 11) is 0. The Morgan fingerprint density at radius 2 is 1.26 bits per heavy atom. The molecule has 0 unspecified atom stereocenters. The van der Waals surface area contributed by atoms with Crippen molar-refractivity contribution in [2.75, 3.05) is 19.6 Å². The highest BCUT2D eigenvalue weighted by atomic mass is 16.3. The number of piperidine rings is 1. The van der Waals surface area contributed by atoms with Crippen molar-refractivity contribution < 1.29 is 25.2 Å². The van der Waals surface area contributed by atoms with Gasteiger partial charge >= 0.3 is 0 Å². The highest BCUT2D eigenvalue weighted by Gasteiger charge is 2.25. The topological polar surface area (TPSA) is 101 Å². The van der Waals surface area contributed by atoms with Crippen molar-refractivity contribution in [3.8, 4) is 23.0 Å². The van der Waals surface area contributed by atoms with Crippen molar-refractivity contribution in [2.24, 2.45) is 0 Å². The summed E-state index contributed by atoms with van der Waals surface area (Å²) in [5.74, 6) is -1.02. The van der Waals surface area contributed by atoms with Gasteiger partial charge in [-0.25, -0.2) is 0 Å². The number of benzene rings is 2. The van der Waals surface area contributed by atoms with Gasteiger partial charge in [0, 0.05) is 24.2 Å². The van der Waals surface area contributed by atoms with Crippen molar-refractivity contribution in [3.63, 3.8) is 0 Å². The summed E-state index contributed by atoms with van der Waals surface area (Å²) < 4.78 is 0. The molecule has 0 spiro atoms. The van der Waals surface area contributed by atoms with Crippen LogP contribution in [0.3, 0.4) is 0 Å². The van der Waals surface area contributed by atoms with E-state index in [1.807, 2.05) is 6.92 Å². The van der Waals surface area contributed by atoms with Gasteiger partial charge in [-0.2, -0.15) is 0 Å². The van der Waals surface area contributed by atoms with Crippen LogP contribution >= 0.6 is 0 Å². The molecule has 0 bridgehead atoms. The van der Waals surface area contributed by atoms with Gasteiger partial charge in [0.15, 0.2) is 28.8 Å². The van der Waals surface area contributed by atoms with E-state index in [2.05, 4.69) is 4.90 Å². The molecule has 140 valence electrons. The number of carbonyl (C=O) groups excluding carboxylic acids is 1. The van der Waals surface area contributed by atoms with Gasteiger partial charge in [-0.1, -0.05) is 19.1 Å². The fourth-order valence-corrected chi connectivity index (χ4v) is 3.00. The van der Waals surface area contributed by atoms with Gasteiger partial charge in [0.05, 0.1) is 0 Å². The number of aromatic hydroxyl groups is 4. The molecule has 2 aromatic rings. The molecule has 0 atom stereocenters. The maximum atomic E-state index is 12.9. The Morgan fingerprint density at radius 1 is 0.815 bits per heavy atom. The zero-order valence-electron chi connectivity index (χ0n) is 14.9. The molecule has 27 heavy (non-hydrogen) atoms. The lowest BCUT2D eigenvalue weighted by Crippen LogP contribution is -2.37. The zero-order valence-corrected chi connectivity index (χ0v) is 14.9. The van der Waals surface area contributed by atoms with Gasteiger partial charge in [0.1, 0.15) is 0 Å². The third kappa shape index (κ3) is 4.12. The lowest BCUT2D eigenvalue weighted by molar-refractivity contribution is -0.113. The minimum atomic E-state index is -0.240. The van der Waals surface area contributed by atoms with Crippen LogP contribution in [0.15, 0.2) is 47.5 Å². The lowest BCUT2D eigenvalue weighted by atomic mass is 9.94. The van der Waals surface area contributed by atoms with Gasteiger partial charge in [0.25, 0.3) is 0 Å². The normalized spacial score (nSPS) is 18.3. The van der Waals surface area contributed by atoms with Crippen LogP contribution in [-0.2, 0) is 4.79 Å². The van der Waals surface area contributed by atoms with E-state index in [-0.39, 0.29) is 28.8 Å². The van der Waals surface area contributed by atoms with Crippen LogP contribution in [0.1, 0.15) is 18.1 Å². The molecular weight excluding hydrogens is 346 g/mol. The third-order valence-corrected chi connectivity index (χ3v) is 4.50. The molecule has 1 aliphatic rings. The minimum Gasteiger partial charge on any atom is -0.504 e. The second-order valence-corrected chi connectivity index (χ2v) is 6.47. The maximum absolute atomic E-state index is 12.9.